The normalized spacial score (nSPS) is 15.5. The van der Waals surface area contributed by atoms with Gasteiger partial charge in [0.05, 0.1) is 13.0 Å². The zero-order valence-electron chi connectivity index (χ0n) is 14.2. The number of nitrogens with zero attached hydrogens (tertiary/aromatic N) is 1. The molecule has 0 radical (unpaired) electrons. The molecule has 1 atom stereocenters. The fourth-order valence-corrected chi connectivity index (χ4v) is 2.92. The van der Waals surface area contributed by atoms with Crippen molar-refractivity contribution < 1.29 is 19.3 Å². The summed E-state index contributed by atoms with van der Waals surface area (Å²) in [5.41, 5.74) is 7.76. The van der Waals surface area contributed by atoms with Crippen LogP contribution in [0.4, 0.5) is 0 Å². The SMILES string of the molecule is C=CCOc1ccc([C@@H]2C(C#N)=C(N)Oc3cc(O)ccc32)cc1OC. The van der Waals surface area contributed by atoms with Crippen molar-refractivity contribution in [1.29, 1.82) is 5.26 Å². The second kappa shape index (κ2) is 7.11. The van der Waals surface area contributed by atoms with Crippen LogP contribution in [0.25, 0.3) is 0 Å². The van der Waals surface area contributed by atoms with E-state index in [4.69, 9.17) is 19.9 Å². The van der Waals surface area contributed by atoms with Crippen LogP contribution in [0.1, 0.15) is 17.0 Å². The summed E-state index contributed by atoms with van der Waals surface area (Å²) >= 11 is 0. The van der Waals surface area contributed by atoms with Crippen LogP contribution in [0.15, 0.2) is 60.5 Å². The topological polar surface area (TPSA) is 97.7 Å². The average molecular weight is 350 g/mol. The lowest BCUT2D eigenvalue weighted by Gasteiger charge is -2.27. The molecule has 2 aromatic rings. The molecule has 3 N–H and O–H groups in total. The van der Waals surface area contributed by atoms with Crippen LogP contribution >= 0.6 is 0 Å². The molecule has 0 aliphatic carbocycles. The zero-order valence-corrected chi connectivity index (χ0v) is 14.2. The molecule has 0 bridgehead atoms. The first-order chi connectivity index (χ1) is 12.6. The van der Waals surface area contributed by atoms with Crippen molar-refractivity contribution in [3.05, 3.63) is 71.6 Å². The lowest BCUT2D eigenvalue weighted by molar-refractivity contribution is 0.326. The number of rotatable bonds is 5. The van der Waals surface area contributed by atoms with Crippen LogP contribution in [-0.2, 0) is 0 Å². The first kappa shape index (κ1) is 17.2. The molecule has 132 valence electrons. The highest BCUT2D eigenvalue weighted by Gasteiger charge is 2.31. The molecule has 0 saturated heterocycles. The van der Waals surface area contributed by atoms with Gasteiger partial charge in [0.25, 0.3) is 0 Å². The first-order valence-corrected chi connectivity index (χ1v) is 7.91. The average Bonchev–Trinajstić information content (AvgIpc) is 2.65. The van der Waals surface area contributed by atoms with Crippen LogP contribution in [-0.4, -0.2) is 18.8 Å². The molecule has 0 spiro atoms. The molecule has 0 saturated carbocycles. The highest BCUT2D eigenvalue weighted by molar-refractivity contribution is 5.58. The molecule has 1 heterocycles. The van der Waals surface area contributed by atoms with Gasteiger partial charge in [-0.3, -0.25) is 0 Å². The number of phenols is 1. The third-order valence-electron chi connectivity index (χ3n) is 4.08. The molecule has 0 fully saturated rings. The Balaban J connectivity index is 2.12. The summed E-state index contributed by atoms with van der Waals surface area (Å²) in [4.78, 5) is 0. The Morgan fingerprint density at radius 1 is 1.31 bits per heavy atom. The summed E-state index contributed by atoms with van der Waals surface area (Å²) in [7, 11) is 1.55. The Morgan fingerprint density at radius 2 is 2.12 bits per heavy atom. The van der Waals surface area contributed by atoms with Crippen LogP contribution in [0.3, 0.4) is 0 Å². The molecule has 0 amide bonds. The maximum atomic E-state index is 9.71. The third-order valence-corrected chi connectivity index (χ3v) is 4.08. The number of hydrogen-bond acceptors (Lipinski definition) is 6. The maximum absolute atomic E-state index is 9.71. The lowest BCUT2D eigenvalue weighted by Crippen LogP contribution is -2.21. The highest BCUT2D eigenvalue weighted by atomic mass is 16.5. The second-order valence-corrected chi connectivity index (χ2v) is 5.66. The Morgan fingerprint density at radius 3 is 2.81 bits per heavy atom. The maximum Gasteiger partial charge on any atom is 0.205 e. The van der Waals surface area contributed by atoms with Crippen molar-refractivity contribution >= 4 is 0 Å². The molecular weight excluding hydrogens is 332 g/mol. The standard InChI is InChI=1S/C20H18N2O4/c1-3-8-25-16-7-4-12(9-18(16)24-2)19-14-6-5-13(23)10-17(14)26-20(22)15(19)11-21/h3-7,9-10,19,23H,1,8,22H2,2H3/t19-/m0/s1. The Hall–Kier alpha value is -3.59. The number of nitriles is 1. The first-order valence-electron chi connectivity index (χ1n) is 7.91. The van der Waals surface area contributed by atoms with E-state index in [-0.39, 0.29) is 11.6 Å². The summed E-state index contributed by atoms with van der Waals surface area (Å²) in [6.45, 7) is 3.98. The van der Waals surface area contributed by atoms with Gasteiger partial charge in [0.2, 0.25) is 5.88 Å². The van der Waals surface area contributed by atoms with Gasteiger partial charge in [-0.2, -0.15) is 5.26 Å². The molecule has 2 aromatic carbocycles. The van der Waals surface area contributed by atoms with E-state index < -0.39 is 5.92 Å². The smallest absolute Gasteiger partial charge is 0.205 e. The number of fused-ring (bicyclic) bond motifs is 1. The minimum atomic E-state index is -0.438. The molecule has 0 aromatic heterocycles. The van der Waals surface area contributed by atoms with Crippen molar-refractivity contribution in [3.63, 3.8) is 0 Å². The van der Waals surface area contributed by atoms with Crippen LogP contribution in [0.5, 0.6) is 23.0 Å². The number of allylic oxidation sites excluding steroid dienone is 1. The van der Waals surface area contributed by atoms with E-state index in [1.807, 2.05) is 6.07 Å². The van der Waals surface area contributed by atoms with Gasteiger partial charge in [0.15, 0.2) is 11.5 Å². The van der Waals surface area contributed by atoms with E-state index in [2.05, 4.69) is 12.6 Å². The van der Waals surface area contributed by atoms with Gasteiger partial charge >= 0.3 is 0 Å². The fraction of sp³-hybridized carbons (Fsp3) is 0.150. The predicted molar refractivity (Wildman–Crippen MR) is 96.1 cm³/mol. The monoisotopic (exact) mass is 350 g/mol. The van der Waals surface area contributed by atoms with Crippen molar-refractivity contribution in [1.82, 2.24) is 0 Å². The lowest BCUT2D eigenvalue weighted by atomic mass is 9.83. The summed E-state index contributed by atoms with van der Waals surface area (Å²) < 4.78 is 16.5. The van der Waals surface area contributed by atoms with Gasteiger partial charge in [-0.25, -0.2) is 0 Å². The predicted octanol–water partition coefficient (Wildman–Crippen LogP) is 3.18. The summed E-state index contributed by atoms with van der Waals surface area (Å²) in [5, 5.41) is 19.3. The van der Waals surface area contributed by atoms with E-state index in [0.29, 0.717) is 29.4 Å². The summed E-state index contributed by atoms with van der Waals surface area (Å²) in [6.07, 6.45) is 1.64. The number of hydrogen-bond donors (Lipinski definition) is 2. The number of phenolic OH excluding ortho intramolecular Hbond substituents is 1. The van der Waals surface area contributed by atoms with E-state index in [1.54, 1.807) is 37.5 Å². The number of nitrogens with two attached hydrogens (primary N) is 1. The van der Waals surface area contributed by atoms with Gasteiger partial charge in [0.1, 0.15) is 29.7 Å². The number of methoxy groups -OCH3 is 1. The van der Waals surface area contributed by atoms with Gasteiger partial charge in [-0.1, -0.05) is 24.8 Å². The molecule has 3 rings (SSSR count). The van der Waals surface area contributed by atoms with E-state index in [1.165, 1.54) is 6.07 Å². The van der Waals surface area contributed by atoms with Gasteiger partial charge in [0, 0.05) is 11.6 Å². The quantitative estimate of drug-likeness (QED) is 0.804. The summed E-state index contributed by atoms with van der Waals surface area (Å²) in [6, 6.07) is 12.3. The highest BCUT2D eigenvalue weighted by Crippen LogP contribution is 2.44. The van der Waals surface area contributed by atoms with Crippen LogP contribution < -0.4 is 19.9 Å². The molecule has 1 aliphatic rings. The van der Waals surface area contributed by atoms with Gasteiger partial charge in [-0.05, 0) is 23.8 Å². The number of benzene rings is 2. The van der Waals surface area contributed by atoms with Crippen LogP contribution in [0.2, 0.25) is 0 Å². The van der Waals surface area contributed by atoms with Gasteiger partial charge < -0.3 is 25.1 Å². The van der Waals surface area contributed by atoms with E-state index in [9.17, 15) is 10.4 Å². The molecule has 6 heteroatoms. The molecular formula is C20H18N2O4. The van der Waals surface area contributed by atoms with E-state index in [0.717, 1.165) is 11.1 Å². The van der Waals surface area contributed by atoms with Crippen molar-refractivity contribution in [3.8, 4) is 29.1 Å². The third kappa shape index (κ3) is 3.03. The summed E-state index contributed by atoms with van der Waals surface area (Å²) in [5.74, 6) is 1.16. The molecule has 26 heavy (non-hydrogen) atoms. The van der Waals surface area contributed by atoms with Gasteiger partial charge in [-0.15, -0.1) is 0 Å². The molecule has 1 aliphatic heterocycles. The van der Waals surface area contributed by atoms with Crippen molar-refractivity contribution in [2.24, 2.45) is 5.73 Å². The Kier molecular flexibility index (Phi) is 4.72. The fourth-order valence-electron chi connectivity index (χ4n) is 2.92. The number of aromatic hydroxyl groups is 1. The van der Waals surface area contributed by atoms with Crippen LogP contribution in [0, 0.1) is 11.3 Å². The Labute approximate surface area is 151 Å². The molecule has 0 unspecified atom stereocenters. The number of ether oxygens (including phenoxy) is 3. The van der Waals surface area contributed by atoms with E-state index >= 15 is 0 Å². The Bertz CT molecular complexity index is 928. The largest absolute Gasteiger partial charge is 0.508 e. The minimum absolute atomic E-state index is 0.0153. The second-order valence-electron chi connectivity index (χ2n) is 5.66. The van der Waals surface area contributed by atoms with Crippen molar-refractivity contribution in [2.45, 2.75) is 5.92 Å². The van der Waals surface area contributed by atoms with Crippen molar-refractivity contribution in [2.75, 3.05) is 13.7 Å². The molecule has 6 nitrogen and oxygen atoms in total. The zero-order chi connectivity index (χ0) is 18.7. The minimum Gasteiger partial charge on any atom is -0.508 e.